The lowest BCUT2D eigenvalue weighted by Crippen LogP contribution is -2.00. The lowest BCUT2D eigenvalue weighted by Gasteiger charge is -2.10. The van der Waals surface area contributed by atoms with Gasteiger partial charge >= 0.3 is 0 Å². The Bertz CT molecular complexity index is 10000. The fourth-order valence-electron chi connectivity index (χ4n) is 19.7. The average molecular weight is 1980 g/mol. The Kier molecular flexibility index (Phi) is 23.0. The summed E-state index contributed by atoms with van der Waals surface area (Å²) in [6.45, 7) is 0. The maximum absolute atomic E-state index is 6.29. The monoisotopic (exact) mass is 1980 g/mol. The minimum atomic E-state index is 0.633. The number of nitrogens with zero attached hydrogens (tertiary/aromatic N) is 10. The fraction of sp³-hybridized carbons (Fsp3) is 0. The number of furan rings is 1. The van der Waals surface area contributed by atoms with Gasteiger partial charge in [-0.15, -0.1) is 56.7 Å². The van der Waals surface area contributed by atoms with E-state index in [9.17, 15) is 0 Å². The molecule has 0 fully saturated rings. The zero-order valence-electron chi connectivity index (χ0n) is 79.1. The first-order valence-electron chi connectivity index (χ1n) is 48.9. The van der Waals surface area contributed by atoms with Crippen molar-refractivity contribution in [3.05, 3.63) is 485 Å². The van der Waals surface area contributed by atoms with Crippen LogP contribution in [0.2, 0.25) is 0 Å². The molecule has 30 aromatic rings. The number of aromatic nitrogens is 10. The van der Waals surface area contributed by atoms with E-state index in [1.807, 2.05) is 114 Å². The van der Waals surface area contributed by atoms with E-state index in [1.54, 1.807) is 45.3 Å². The van der Waals surface area contributed by atoms with Crippen LogP contribution < -0.4 is 0 Å². The molecule has 8 aromatic heterocycles. The average Bonchev–Trinajstić information content (AvgIpc) is 1.57. The SMILES string of the molecule is c1ccc(-c2ccc(-c3nc(-c4ccccc4)nc(-c4ccc5ccc6sc(-c7ccccc7)nc6c5c4)n3)cc2)cc1.c1ccc(-c2nc(-c3ccc4ccccc4c3)nc(-c3ccc4ccc5sc(-c6ccccc6)nc5c4c3)n2)cc1.c1ccc(-c2nc3c(ccc4ccc(-c5cccc6c5oc5ccccc56)cc43)s2)cc1.c1ccc(-c2nc3c(ccc4ccc(-c5cccc6c5sc5ccccc56)cc43)s2)cc1. The van der Waals surface area contributed by atoms with Gasteiger partial charge in [-0.2, -0.15) is 0 Å². The Morgan fingerprint density at radius 3 is 0.865 bits per heavy atom. The van der Waals surface area contributed by atoms with Crippen LogP contribution in [0.5, 0.6) is 0 Å². The normalized spacial score (nSPS) is 11.5. The van der Waals surface area contributed by atoms with E-state index in [-0.39, 0.29) is 0 Å². The molecule has 0 unspecified atom stereocenters. The molecule has 0 bridgehead atoms. The number of para-hydroxylation sites is 2. The molecule has 0 saturated carbocycles. The van der Waals surface area contributed by atoms with Crippen molar-refractivity contribution in [2.24, 2.45) is 0 Å². The first-order valence-corrected chi connectivity index (χ1v) is 53.0. The van der Waals surface area contributed by atoms with Gasteiger partial charge in [-0.25, -0.2) is 49.8 Å². The lowest BCUT2D eigenvalue weighted by molar-refractivity contribution is 0.670. The lowest BCUT2D eigenvalue weighted by atomic mass is 9.99. The molecule has 0 aliphatic rings. The van der Waals surface area contributed by atoms with Crippen molar-refractivity contribution in [1.29, 1.82) is 0 Å². The minimum absolute atomic E-state index is 0.633. The highest BCUT2D eigenvalue weighted by molar-refractivity contribution is 7.26. The molecule has 0 saturated heterocycles. The summed E-state index contributed by atoms with van der Waals surface area (Å²) in [5.74, 6) is 3.86. The Labute approximate surface area is 869 Å². The van der Waals surface area contributed by atoms with Crippen molar-refractivity contribution in [3.8, 4) is 144 Å². The van der Waals surface area contributed by atoms with Crippen LogP contribution in [0.15, 0.2) is 490 Å². The van der Waals surface area contributed by atoms with Crippen molar-refractivity contribution in [1.82, 2.24) is 49.8 Å². The van der Waals surface area contributed by atoms with Gasteiger partial charge in [-0.3, -0.25) is 0 Å². The number of thiazole rings is 4. The topological polar surface area (TPSA) is 142 Å². The highest BCUT2D eigenvalue weighted by atomic mass is 32.1. The predicted molar refractivity (Wildman–Crippen MR) is 624 cm³/mol. The van der Waals surface area contributed by atoms with Crippen LogP contribution in [0.1, 0.15) is 0 Å². The fourth-order valence-corrected chi connectivity index (χ4v) is 24.9. The van der Waals surface area contributed by atoms with Crippen molar-refractivity contribution >= 4 is 194 Å². The Balaban J connectivity index is 0.0000000982. The third kappa shape index (κ3) is 17.2. The summed E-state index contributed by atoms with van der Waals surface area (Å²) >= 11 is 8.81. The molecule has 8 heterocycles. The molecule has 0 N–H and O–H groups in total. The summed E-state index contributed by atoms with van der Waals surface area (Å²) in [5, 5.41) is 20.7. The van der Waals surface area contributed by atoms with Crippen molar-refractivity contribution < 1.29 is 4.42 Å². The number of benzene rings is 22. The van der Waals surface area contributed by atoms with Gasteiger partial charge in [0.15, 0.2) is 34.9 Å². The van der Waals surface area contributed by atoms with E-state index in [0.717, 1.165) is 167 Å². The molecular formula is C132H80N10OS5. The third-order valence-electron chi connectivity index (χ3n) is 27.1. The van der Waals surface area contributed by atoms with Crippen LogP contribution in [0.3, 0.4) is 0 Å². The second-order valence-electron chi connectivity index (χ2n) is 36.3. The molecule has 0 aliphatic carbocycles. The molecule has 11 nitrogen and oxygen atoms in total. The summed E-state index contributed by atoms with van der Waals surface area (Å²) in [7, 11) is 0. The van der Waals surface area contributed by atoms with Crippen LogP contribution in [0.25, 0.3) is 281 Å². The second-order valence-corrected chi connectivity index (χ2v) is 41.5. The summed E-state index contributed by atoms with van der Waals surface area (Å²) in [5.41, 5.74) is 23.4. The van der Waals surface area contributed by atoms with Crippen LogP contribution >= 0.6 is 56.7 Å². The number of rotatable bonds is 13. The van der Waals surface area contributed by atoms with Gasteiger partial charge in [0, 0.05) is 114 Å². The third-order valence-corrected chi connectivity index (χ3v) is 32.6. The molecule has 148 heavy (non-hydrogen) atoms. The summed E-state index contributed by atoms with van der Waals surface area (Å²) < 4.78 is 13.7. The van der Waals surface area contributed by atoms with Crippen LogP contribution in [-0.4, -0.2) is 49.8 Å². The highest BCUT2D eigenvalue weighted by Gasteiger charge is 2.23. The Morgan fingerprint density at radius 2 is 0.432 bits per heavy atom. The zero-order valence-corrected chi connectivity index (χ0v) is 83.2. The molecule has 22 aromatic carbocycles. The van der Waals surface area contributed by atoms with Gasteiger partial charge in [0.2, 0.25) is 0 Å². The molecule has 0 radical (unpaired) electrons. The van der Waals surface area contributed by atoms with Gasteiger partial charge in [0.1, 0.15) is 31.2 Å². The number of fused-ring (bicyclic) bond motifs is 19. The van der Waals surface area contributed by atoms with E-state index in [2.05, 4.69) is 382 Å². The molecular weight excluding hydrogens is 1900 g/mol. The van der Waals surface area contributed by atoms with Crippen molar-refractivity contribution in [2.45, 2.75) is 0 Å². The van der Waals surface area contributed by atoms with Gasteiger partial charge in [-0.05, 0) is 127 Å². The van der Waals surface area contributed by atoms with Gasteiger partial charge in [0.25, 0.3) is 0 Å². The summed E-state index contributed by atoms with van der Waals surface area (Å²) in [6, 6.07) is 169. The molecule has 694 valence electrons. The number of hydrogen-bond donors (Lipinski definition) is 0. The Morgan fingerprint density at radius 1 is 0.149 bits per heavy atom. The molecule has 16 heteroatoms. The standard InChI is InChI=1S/C38H24N4S.C36H22N4S.C29H17NOS.C29H17NS2/c1-4-10-25(11-5-1)26-16-19-29(20-17-26)36-40-35(28-12-6-2-7-13-28)41-37(42-36)31-21-18-27-22-23-33-34(32(27)24-31)39-38(43-33)30-14-8-3-9-15-30;1-3-10-25(11-4-1)33-38-34(28-17-15-23-9-7-8-14-27(23)21-28)40-35(39-33)29-18-16-24-19-20-31-32(30(24)22-29)37-36(41-31)26-12-5-2-6-13-26;2*1-2-7-19(8-3-1)29-30-27-24-17-20(14-13-18(24)15-16-26(27)32-29)21-10-6-11-23-22-9-4-5-12-25(22)31-28(21)23/h1-24H;1-22H;2*1-17H. The molecule has 0 spiro atoms. The minimum Gasteiger partial charge on any atom is -0.455 e. The van der Waals surface area contributed by atoms with Crippen LogP contribution in [0.4, 0.5) is 0 Å². The molecule has 0 amide bonds. The molecule has 30 rings (SSSR count). The zero-order chi connectivity index (χ0) is 97.9. The second kappa shape index (κ2) is 38.5. The maximum atomic E-state index is 6.29. The molecule has 0 atom stereocenters. The van der Waals surface area contributed by atoms with Crippen molar-refractivity contribution in [2.75, 3.05) is 0 Å². The van der Waals surface area contributed by atoms with Crippen LogP contribution in [-0.2, 0) is 0 Å². The van der Waals surface area contributed by atoms with E-state index in [4.69, 9.17) is 54.3 Å². The number of hydrogen-bond acceptors (Lipinski definition) is 16. The summed E-state index contributed by atoms with van der Waals surface area (Å²) in [6.07, 6.45) is 0. The van der Waals surface area contributed by atoms with E-state index < -0.39 is 0 Å². The smallest absolute Gasteiger partial charge is 0.164 e. The largest absolute Gasteiger partial charge is 0.455 e. The van der Waals surface area contributed by atoms with Gasteiger partial charge < -0.3 is 4.42 Å². The number of thiophene rings is 1. The first-order chi connectivity index (χ1) is 73.3. The van der Waals surface area contributed by atoms with Crippen LogP contribution in [0, 0.1) is 0 Å². The predicted octanol–water partition coefficient (Wildman–Crippen LogP) is 37.3. The first kappa shape index (κ1) is 88.7. The summed E-state index contributed by atoms with van der Waals surface area (Å²) in [4.78, 5) is 50.0. The van der Waals surface area contributed by atoms with E-state index in [1.165, 1.54) is 78.8 Å². The van der Waals surface area contributed by atoms with Gasteiger partial charge in [-0.1, -0.05) is 419 Å². The molecule has 0 aliphatic heterocycles. The van der Waals surface area contributed by atoms with Gasteiger partial charge in [0.05, 0.1) is 40.9 Å². The maximum Gasteiger partial charge on any atom is 0.164 e. The Hall–Kier alpha value is -18.3. The highest BCUT2D eigenvalue weighted by Crippen LogP contribution is 2.47. The van der Waals surface area contributed by atoms with Crippen molar-refractivity contribution in [3.63, 3.8) is 0 Å². The quantitative estimate of drug-likeness (QED) is 0.109. The van der Waals surface area contributed by atoms with E-state index >= 15 is 0 Å². The van der Waals surface area contributed by atoms with E-state index in [0.29, 0.717) is 34.9 Å².